The summed E-state index contributed by atoms with van der Waals surface area (Å²) in [6.07, 6.45) is 1.74. The number of nitriles is 1. The van der Waals surface area contributed by atoms with Gasteiger partial charge in [0.1, 0.15) is 5.82 Å². The molecule has 0 unspecified atom stereocenters. The molecule has 1 N–H and O–H groups in total. The lowest BCUT2D eigenvalue weighted by molar-refractivity contribution is 0.381. The van der Waals surface area contributed by atoms with E-state index in [0.717, 1.165) is 25.0 Å². The van der Waals surface area contributed by atoms with Crippen molar-refractivity contribution < 1.29 is 13.5 Å². The van der Waals surface area contributed by atoms with E-state index in [-0.39, 0.29) is 23.3 Å². The SMILES string of the molecule is COc1cc(F)c(CNCC2(C#N)CC2)cc1F. The third kappa shape index (κ3) is 2.59. The maximum Gasteiger partial charge on any atom is 0.165 e. The minimum atomic E-state index is -0.586. The van der Waals surface area contributed by atoms with Crippen molar-refractivity contribution >= 4 is 0 Å². The Morgan fingerprint density at radius 3 is 2.67 bits per heavy atom. The molecule has 1 fully saturated rings. The highest BCUT2D eigenvalue weighted by molar-refractivity contribution is 5.30. The summed E-state index contributed by atoms with van der Waals surface area (Å²) < 4.78 is 31.7. The molecule has 5 heteroatoms. The number of halogens is 2. The van der Waals surface area contributed by atoms with Crippen LogP contribution in [0.5, 0.6) is 5.75 Å². The van der Waals surface area contributed by atoms with Crippen LogP contribution in [0, 0.1) is 28.4 Å². The second kappa shape index (κ2) is 4.91. The van der Waals surface area contributed by atoms with Gasteiger partial charge in [-0.25, -0.2) is 8.78 Å². The Labute approximate surface area is 104 Å². The largest absolute Gasteiger partial charge is 0.494 e. The number of ether oxygens (including phenoxy) is 1. The van der Waals surface area contributed by atoms with Gasteiger partial charge >= 0.3 is 0 Å². The molecule has 18 heavy (non-hydrogen) atoms. The van der Waals surface area contributed by atoms with Crippen LogP contribution in [0.2, 0.25) is 0 Å². The summed E-state index contributed by atoms with van der Waals surface area (Å²) >= 11 is 0. The van der Waals surface area contributed by atoms with Gasteiger partial charge in [0.25, 0.3) is 0 Å². The van der Waals surface area contributed by atoms with Crippen LogP contribution in [0.25, 0.3) is 0 Å². The lowest BCUT2D eigenvalue weighted by Gasteiger charge is -2.10. The predicted octanol–water partition coefficient (Wildman–Crippen LogP) is 2.37. The summed E-state index contributed by atoms with van der Waals surface area (Å²) in [6.45, 7) is 0.715. The van der Waals surface area contributed by atoms with Crippen molar-refractivity contribution in [1.82, 2.24) is 5.32 Å². The number of rotatable bonds is 5. The van der Waals surface area contributed by atoms with Crippen molar-refractivity contribution in [2.24, 2.45) is 5.41 Å². The first-order valence-electron chi connectivity index (χ1n) is 5.74. The van der Waals surface area contributed by atoms with Crippen molar-refractivity contribution in [1.29, 1.82) is 5.26 Å². The molecule has 1 saturated carbocycles. The van der Waals surface area contributed by atoms with Crippen molar-refractivity contribution in [2.75, 3.05) is 13.7 Å². The quantitative estimate of drug-likeness (QED) is 0.875. The third-order valence-corrected chi connectivity index (χ3v) is 3.19. The highest BCUT2D eigenvalue weighted by Gasteiger charge is 2.42. The van der Waals surface area contributed by atoms with E-state index in [1.54, 1.807) is 0 Å². The number of nitrogens with one attached hydrogen (secondary N) is 1. The van der Waals surface area contributed by atoms with E-state index < -0.39 is 11.6 Å². The molecule has 0 bridgehead atoms. The summed E-state index contributed by atoms with van der Waals surface area (Å²) in [7, 11) is 1.29. The van der Waals surface area contributed by atoms with E-state index in [1.165, 1.54) is 7.11 Å². The van der Waals surface area contributed by atoms with Crippen LogP contribution in [0.3, 0.4) is 0 Å². The maximum atomic E-state index is 13.6. The first-order chi connectivity index (χ1) is 8.60. The average molecular weight is 252 g/mol. The van der Waals surface area contributed by atoms with Gasteiger partial charge in [0.2, 0.25) is 0 Å². The molecule has 1 aliphatic rings. The van der Waals surface area contributed by atoms with Crippen LogP contribution in [-0.4, -0.2) is 13.7 Å². The molecule has 0 aliphatic heterocycles. The second-order valence-electron chi connectivity index (χ2n) is 4.57. The molecule has 0 heterocycles. The lowest BCUT2D eigenvalue weighted by Crippen LogP contribution is -2.23. The second-order valence-corrected chi connectivity index (χ2v) is 4.57. The lowest BCUT2D eigenvalue weighted by atomic mass is 10.1. The van der Waals surface area contributed by atoms with Gasteiger partial charge in [-0.15, -0.1) is 0 Å². The number of benzene rings is 1. The monoisotopic (exact) mass is 252 g/mol. The van der Waals surface area contributed by atoms with Gasteiger partial charge in [0, 0.05) is 24.7 Å². The van der Waals surface area contributed by atoms with Crippen LogP contribution < -0.4 is 10.1 Å². The maximum absolute atomic E-state index is 13.6. The Hall–Kier alpha value is -1.67. The number of hydrogen-bond donors (Lipinski definition) is 1. The fourth-order valence-corrected chi connectivity index (χ4v) is 1.78. The molecule has 1 aliphatic carbocycles. The smallest absolute Gasteiger partial charge is 0.165 e. The molecule has 0 radical (unpaired) electrons. The predicted molar refractivity (Wildman–Crippen MR) is 61.9 cm³/mol. The van der Waals surface area contributed by atoms with Crippen molar-refractivity contribution in [3.63, 3.8) is 0 Å². The Balaban J connectivity index is 1.97. The summed E-state index contributed by atoms with van der Waals surface area (Å²) in [6, 6.07) is 4.38. The molecule has 3 nitrogen and oxygen atoms in total. The average Bonchev–Trinajstić information content (AvgIpc) is 3.13. The standard InChI is InChI=1S/C13H14F2N2O/c1-18-12-5-10(14)9(4-11(12)15)6-17-8-13(7-16)2-3-13/h4-5,17H,2-3,6,8H2,1H3. The summed E-state index contributed by atoms with van der Waals surface area (Å²) in [5, 5.41) is 11.9. The molecule has 0 saturated heterocycles. The Kier molecular flexibility index (Phi) is 3.48. The van der Waals surface area contributed by atoms with Crippen LogP contribution in [-0.2, 0) is 6.54 Å². The Bertz CT molecular complexity index is 492. The Morgan fingerprint density at radius 2 is 2.11 bits per heavy atom. The molecular formula is C13H14F2N2O. The summed E-state index contributed by atoms with van der Waals surface area (Å²) in [5.74, 6) is -1.20. The zero-order valence-electron chi connectivity index (χ0n) is 10.1. The van der Waals surface area contributed by atoms with Gasteiger partial charge in [-0.2, -0.15) is 5.26 Å². The van der Waals surface area contributed by atoms with Crippen LogP contribution in [0.4, 0.5) is 8.78 Å². The zero-order valence-corrected chi connectivity index (χ0v) is 10.1. The molecule has 0 atom stereocenters. The molecule has 0 spiro atoms. The minimum absolute atomic E-state index is 0.105. The van der Waals surface area contributed by atoms with Crippen LogP contribution in [0.1, 0.15) is 18.4 Å². The topological polar surface area (TPSA) is 45.0 Å². The number of nitrogens with zero attached hydrogens (tertiary/aromatic N) is 1. The van der Waals surface area contributed by atoms with Crippen LogP contribution >= 0.6 is 0 Å². The molecule has 2 rings (SSSR count). The fourth-order valence-electron chi connectivity index (χ4n) is 1.78. The molecule has 0 amide bonds. The van der Waals surface area contributed by atoms with Crippen molar-refractivity contribution in [3.8, 4) is 11.8 Å². The third-order valence-electron chi connectivity index (χ3n) is 3.19. The van der Waals surface area contributed by atoms with Gasteiger partial charge in [0.15, 0.2) is 11.6 Å². The Morgan fingerprint density at radius 1 is 1.39 bits per heavy atom. The number of hydrogen-bond acceptors (Lipinski definition) is 3. The van der Waals surface area contributed by atoms with E-state index in [0.29, 0.717) is 6.54 Å². The summed E-state index contributed by atoms with van der Waals surface area (Å²) in [4.78, 5) is 0. The highest BCUT2D eigenvalue weighted by Crippen LogP contribution is 2.44. The minimum Gasteiger partial charge on any atom is -0.494 e. The van der Waals surface area contributed by atoms with E-state index in [9.17, 15) is 8.78 Å². The highest BCUT2D eigenvalue weighted by atomic mass is 19.1. The molecule has 96 valence electrons. The number of methoxy groups -OCH3 is 1. The van der Waals surface area contributed by atoms with Gasteiger partial charge in [-0.3, -0.25) is 0 Å². The van der Waals surface area contributed by atoms with E-state index in [1.807, 2.05) is 0 Å². The van der Waals surface area contributed by atoms with Gasteiger partial charge in [-0.05, 0) is 18.9 Å². The van der Waals surface area contributed by atoms with E-state index in [4.69, 9.17) is 5.26 Å². The zero-order chi connectivity index (χ0) is 13.2. The van der Waals surface area contributed by atoms with Gasteiger partial charge < -0.3 is 10.1 Å². The summed E-state index contributed by atoms with van der Waals surface area (Å²) in [5.41, 5.74) is -0.0522. The van der Waals surface area contributed by atoms with Gasteiger partial charge in [0.05, 0.1) is 18.6 Å². The molecule has 1 aromatic carbocycles. The van der Waals surface area contributed by atoms with Crippen LogP contribution in [0.15, 0.2) is 12.1 Å². The first kappa shape index (κ1) is 12.8. The molecule has 1 aromatic rings. The van der Waals surface area contributed by atoms with Crippen molar-refractivity contribution in [3.05, 3.63) is 29.3 Å². The first-order valence-corrected chi connectivity index (χ1v) is 5.74. The van der Waals surface area contributed by atoms with Crippen molar-refractivity contribution in [2.45, 2.75) is 19.4 Å². The molecular weight excluding hydrogens is 238 g/mol. The van der Waals surface area contributed by atoms with E-state index >= 15 is 0 Å². The molecule has 0 aromatic heterocycles. The van der Waals surface area contributed by atoms with E-state index in [2.05, 4.69) is 16.1 Å². The fraction of sp³-hybridized carbons (Fsp3) is 0.462. The normalized spacial score (nSPS) is 16.1. The van der Waals surface area contributed by atoms with Gasteiger partial charge in [-0.1, -0.05) is 0 Å².